The van der Waals surface area contributed by atoms with Gasteiger partial charge < -0.3 is 20.4 Å². The average Bonchev–Trinajstić information content (AvgIpc) is 3.05. The largest absolute Gasteiger partial charge is 0.456 e. The first-order valence-corrected chi connectivity index (χ1v) is 17.4. The molecule has 1 aliphatic heterocycles. The van der Waals surface area contributed by atoms with Crippen molar-refractivity contribution in [3.05, 3.63) is 71.6 Å². The minimum Gasteiger partial charge on any atom is -0.456 e. The predicted octanol–water partition coefficient (Wildman–Crippen LogP) is 4.76. The molecule has 4 rings (SSSR count). The Labute approximate surface area is 286 Å². The maximum atomic E-state index is 12.9. The number of carbonyl (C=O) groups excluding carboxylic acids is 4. The first-order valence-electron chi connectivity index (χ1n) is 16.3. The molecule has 48 heavy (non-hydrogen) atoms. The fraction of sp³-hybridized carbons (Fsp3) is 0.395. The van der Waals surface area contributed by atoms with Gasteiger partial charge in [-0.2, -0.15) is 11.8 Å². The van der Waals surface area contributed by atoms with Crippen molar-refractivity contribution in [3.8, 4) is 22.5 Å². The molecule has 0 saturated heterocycles. The third-order valence-electron chi connectivity index (χ3n) is 8.70. The van der Waals surface area contributed by atoms with Crippen LogP contribution in [0.1, 0.15) is 39.2 Å². The Balaban J connectivity index is 1.44. The van der Waals surface area contributed by atoms with Gasteiger partial charge in [0, 0.05) is 72.9 Å². The number of ketones is 2. The minimum absolute atomic E-state index is 0.0123. The molecule has 0 spiro atoms. The second-order valence-electron chi connectivity index (χ2n) is 12.9. The van der Waals surface area contributed by atoms with Crippen molar-refractivity contribution in [2.24, 2.45) is 17.6 Å². The van der Waals surface area contributed by atoms with E-state index in [0.29, 0.717) is 6.42 Å². The zero-order valence-corrected chi connectivity index (χ0v) is 29.8. The maximum Gasteiger partial charge on any atom is 0.223 e. The van der Waals surface area contributed by atoms with Crippen LogP contribution in [-0.4, -0.2) is 69.1 Å². The fourth-order valence-electron chi connectivity index (χ4n) is 5.40. The monoisotopic (exact) mass is 671 g/mol. The van der Waals surface area contributed by atoms with E-state index in [1.807, 2.05) is 68.9 Å². The second kappa shape index (κ2) is 16.1. The van der Waals surface area contributed by atoms with Gasteiger partial charge in [-0.25, -0.2) is 4.58 Å². The van der Waals surface area contributed by atoms with Crippen LogP contribution in [0.3, 0.4) is 0 Å². The lowest BCUT2D eigenvalue weighted by Gasteiger charge is -2.18. The van der Waals surface area contributed by atoms with Gasteiger partial charge in [0.25, 0.3) is 0 Å². The van der Waals surface area contributed by atoms with Crippen LogP contribution in [0, 0.1) is 11.8 Å². The number of nitrogens with zero attached hydrogens (tertiary/aromatic N) is 2. The Morgan fingerprint density at radius 2 is 1.69 bits per heavy atom. The summed E-state index contributed by atoms with van der Waals surface area (Å²) < 4.78 is 8.48. The van der Waals surface area contributed by atoms with Crippen LogP contribution in [0.15, 0.2) is 65.1 Å². The fourth-order valence-corrected chi connectivity index (χ4v) is 6.41. The summed E-state index contributed by atoms with van der Waals surface area (Å²) in [5, 5.41) is 4.75. The van der Waals surface area contributed by atoms with Crippen LogP contribution < -0.4 is 25.9 Å². The Hall–Kier alpha value is -4.44. The first kappa shape index (κ1) is 36.4. The van der Waals surface area contributed by atoms with Gasteiger partial charge in [0.1, 0.15) is 31.2 Å². The average molecular weight is 672 g/mol. The number of carbonyl (C=O) groups is 4. The van der Waals surface area contributed by atoms with Gasteiger partial charge in [-0.3, -0.25) is 19.2 Å². The second-order valence-corrected chi connectivity index (χ2v) is 13.9. The summed E-state index contributed by atoms with van der Waals surface area (Å²) in [6, 6.07) is 19.8. The quantitative estimate of drug-likeness (QED) is 0.138. The van der Waals surface area contributed by atoms with E-state index < -0.39 is 17.9 Å². The molecule has 0 radical (unpaired) electrons. The molecule has 0 saturated carbocycles. The van der Waals surface area contributed by atoms with Gasteiger partial charge in [0.2, 0.25) is 17.2 Å². The molecule has 3 N–H and O–H groups in total. The van der Waals surface area contributed by atoms with Gasteiger partial charge in [0.15, 0.2) is 5.78 Å². The molecule has 1 heterocycles. The van der Waals surface area contributed by atoms with Crippen molar-refractivity contribution in [3.63, 3.8) is 0 Å². The molecule has 10 heteroatoms. The molecule has 2 aromatic carbocycles. The normalized spacial score (nSPS) is 13.1. The van der Waals surface area contributed by atoms with E-state index in [9.17, 15) is 19.2 Å². The smallest absolute Gasteiger partial charge is 0.223 e. The lowest BCUT2D eigenvalue weighted by Crippen LogP contribution is -2.42. The molecule has 1 aliphatic carbocycles. The van der Waals surface area contributed by atoms with E-state index >= 15 is 0 Å². The number of nitrogens with one attached hydrogen (secondary N) is 1. The van der Waals surface area contributed by atoms with Crippen LogP contribution in [0.25, 0.3) is 33.4 Å². The van der Waals surface area contributed by atoms with Gasteiger partial charge in [-0.1, -0.05) is 38.1 Å². The summed E-state index contributed by atoms with van der Waals surface area (Å²) in [6.45, 7) is 5.31. The molecule has 254 valence electrons. The zero-order valence-electron chi connectivity index (χ0n) is 29.0. The summed E-state index contributed by atoms with van der Waals surface area (Å²) in [4.78, 5) is 51.9. The number of rotatable bonds is 15. The van der Waals surface area contributed by atoms with E-state index in [-0.39, 0.29) is 47.7 Å². The van der Waals surface area contributed by atoms with Crippen LogP contribution in [-0.2, 0) is 25.6 Å². The Bertz CT molecular complexity index is 1840. The molecule has 2 aromatic rings. The number of thioether (sulfide) groups is 1. The van der Waals surface area contributed by atoms with Crippen LogP contribution in [0.4, 0.5) is 5.69 Å². The van der Waals surface area contributed by atoms with Crippen molar-refractivity contribution in [2.75, 3.05) is 44.6 Å². The Morgan fingerprint density at radius 1 is 0.979 bits per heavy atom. The van der Waals surface area contributed by atoms with Crippen molar-refractivity contribution in [1.29, 1.82) is 0 Å². The number of hydrogen-bond donors (Lipinski definition) is 2. The molecule has 0 fully saturated rings. The van der Waals surface area contributed by atoms with Gasteiger partial charge in [0.05, 0.1) is 23.8 Å². The molecule has 2 aliphatic rings. The van der Waals surface area contributed by atoms with Gasteiger partial charge in [-0.05, 0) is 42.7 Å². The van der Waals surface area contributed by atoms with Crippen LogP contribution in [0.2, 0.25) is 0 Å². The number of primary amides is 1. The van der Waals surface area contributed by atoms with E-state index in [1.54, 1.807) is 13.8 Å². The highest BCUT2D eigenvalue weighted by Crippen LogP contribution is 2.40. The number of hydrogen-bond acceptors (Lipinski definition) is 7. The number of benzene rings is 3. The van der Waals surface area contributed by atoms with Crippen LogP contribution >= 0.6 is 11.8 Å². The standard InChI is InChI=1S/C38H46N4O5S/c1-8-23(2)38(46)40-24(3)33(44)18-27(37(39)45)21-48-22-30(43)17-25-9-11-26(12-10-25)36-31-15-13-28(41(4)5)19-34(31)47-35-20-29(42(6)7)14-16-32(35)36/h9-16,19-20,23-24,27H,8,17-18,21-22H2,1-7H3,(H2-,39,40,45,46)/p+1/t23-,24+,27+/m1/s1. The summed E-state index contributed by atoms with van der Waals surface area (Å²) in [5.41, 5.74) is 11.4. The highest BCUT2D eigenvalue weighted by Gasteiger charge is 2.25. The SMILES string of the molecule is CC[C@@H](C)C(=O)N[C@@H](C)C(=O)C[C@@H](CSCC(=O)Cc1ccc(-c2c3ccc(=[N+](C)C)cc-3oc3cc(N(C)C)ccc23)cc1)C(N)=O. The minimum atomic E-state index is -0.720. The lowest BCUT2D eigenvalue weighted by atomic mass is 9.92. The molecule has 0 bridgehead atoms. The van der Waals surface area contributed by atoms with Crippen molar-refractivity contribution >= 4 is 51.8 Å². The molecule has 2 amide bonds. The number of anilines is 1. The van der Waals surface area contributed by atoms with E-state index in [2.05, 4.69) is 41.7 Å². The highest BCUT2D eigenvalue weighted by molar-refractivity contribution is 7.99. The molecular weight excluding hydrogens is 625 g/mol. The highest BCUT2D eigenvalue weighted by atomic mass is 32.2. The maximum absolute atomic E-state index is 12.9. The number of Topliss-reactive ketones (excluding diaryl/α,β-unsaturated/α-hetero) is 2. The first-order chi connectivity index (χ1) is 22.8. The number of amides is 2. The molecule has 9 nitrogen and oxygen atoms in total. The molecule has 0 unspecified atom stereocenters. The lowest BCUT2D eigenvalue weighted by molar-refractivity contribution is -0.131. The predicted molar refractivity (Wildman–Crippen MR) is 195 cm³/mol. The molecular formula is C38H47N4O5S+. The summed E-state index contributed by atoms with van der Waals surface area (Å²) in [7, 11) is 8.01. The van der Waals surface area contributed by atoms with Crippen molar-refractivity contribution in [2.45, 2.75) is 46.1 Å². The molecule has 0 aromatic heterocycles. The topological polar surface area (TPSA) is 126 Å². The van der Waals surface area contributed by atoms with Gasteiger partial charge in [-0.15, -0.1) is 0 Å². The van der Waals surface area contributed by atoms with E-state index in [0.717, 1.165) is 50.0 Å². The number of fused-ring (bicyclic) bond motifs is 2. The Kier molecular flexibility index (Phi) is 12.2. The third-order valence-corrected chi connectivity index (χ3v) is 9.86. The van der Waals surface area contributed by atoms with Crippen molar-refractivity contribution in [1.82, 2.24) is 9.89 Å². The molecule has 3 atom stereocenters. The van der Waals surface area contributed by atoms with E-state index in [4.69, 9.17) is 10.2 Å². The van der Waals surface area contributed by atoms with E-state index in [1.165, 1.54) is 11.8 Å². The zero-order chi connectivity index (χ0) is 35.1. The summed E-state index contributed by atoms with van der Waals surface area (Å²) in [5.74, 6) is -0.722. The van der Waals surface area contributed by atoms with Crippen LogP contribution in [0.5, 0.6) is 0 Å². The van der Waals surface area contributed by atoms with Gasteiger partial charge >= 0.3 is 0 Å². The summed E-state index contributed by atoms with van der Waals surface area (Å²) in [6.07, 6.45) is 0.832. The third kappa shape index (κ3) is 8.92. The number of nitrogens with two attached hydrogens (primary N) is 1. The summed E-state index contributed by atoms with van der Waals surface area (Å²) >= 11 is 1.29. The Morgan fingerprint density at radius 3 is 2.31 bits per heavy atom. The van der Waals surface area contributed by atoms with Crippen molar-refractivity contribution < 1.29 is 23.6 Å².